The zero-order valence-electron chi connectivity index (χ0n) is 11.8. The molecule has 0 aliphatic heterocycles. The lowest BCUT2D eigenvalue weighted by atomic mass is 10.1. The summed E-state index contributed by atoms with van der Waals surface area (Å²) < 4.78 is 4.15. The second-order valence-electron chi connectivity index (χ2n) is 5.21. The van der Waals surface area contributed by atoms with Crippen molar-refractivity contribution in [3.8, 4) is 0 Å². The van der Waals surface area contributed by atoms with Crippen molar-refractivity contribution < 1.29 is 0 Å². The van der Waals surface area contributed by atoms with Gasteiger partial charge in [-0.15, -0.1) is 0 Å². The van der Waals surface area contributed by atoms with Gasteiger partial charge in [0, 0.05) is 31.5 Å². The lowest BCUT2D eigenvalue weighted by Crippen LogP contribution is -2.02. The van der Waals surface area contributed by atoms with E-state index in [-0.39, 0.29) is 0 Å². The third-order valence-electron chi connectivity index (χ3n) is 3.67. The van der Waals surface area contributed by atoms with Gasteiger partial charge < -0.3 is 10.3 Å². The molecule has 4 nitrogen and oxygen atoms in total. The second-order valence-corrected chi connectivity index (χ2v) is 5.21. The summed E-state index contributed by atoms with van der Waals surface area (Å²) in [7, 11) is 1.95. The fourth-order valence-corrected chi connectivity index (χ4v) is 2.62. The fourth-order valence-electron chi connectivity index (χ4n) is 2.62. The maximum absolute atomic E-state index is 5.61. The molecule has 1 aromatic carbocycles. The molecule has 0 fully saturated rings. The van der Waals surface area contributed by atoms with Gasteiger partial charge in [0.1, 0.15) is 0 Å². The van der Waals surface area contributed by atoms with Gasteiger partial charge >= 0.3 is 0 Å². The zero-order chi connectivity index (χ0) is 13.9. The molecule has 20 heavy (non-hydrogen) atoms. The van der Waals surface area contributed by atoms with Crippen molar-refractivity contribution >= 4 is 10.9 Å². The molecule has 104 valence electrons. The molecular weight excluding hydrogens is 248 g/mol. The van der Waals surface area contributed by atoms with Gasteiger partial charge in [-0.05, 0) is 54.1 Å². The molecule has 0 aliphatic carbocycles. The van der Waals surface area contributed by atoms with Gasteiger partial charge in [0.15, 0.2) is 0 Å². The standard InChI is InChI=1S/C16H20N4/c1-19-12-14(11-18-19)5-8-20-9-6-15-10-13(4-7-17)2-3-16(15)20/h2-3,6,9-12H,4-5,7-8,17H2,1H3. The van der Waals surface area contributed by atoms with Gasteiger partial charge in [-0.2, -0.15) is 5.10 Å². The normalized spacial score (nSPS) is 11.3. The van der Waals surface area contributed by atoms with Crippen molar-refractivity contribution in [2.24, 2.45) is 12.8 Å². The summed E-state index contributed by atoms with van der Waals surface area (Å²) >= 11 is 0. The van der Waals surface area contributed by atoms with E-state index in [2.05, 4.69) is 46.3 Å². The average Bonchev–Trinajstić information content (AvgIpc) is 3.03. The molecule has 0 amide bonds. The van der Waals surface area contributed by atoms with E-state index in [1.165, 1.54) is 22.0 Å². The van der Waals surface area contributed by atoms with Crippen molar-refractivity contribution in [1.29, 1.82) is 0 Å². The van der Waals surface area contributed by atoms with Crippen LogP contribution in [0, 0.1) is 0 Å². The molecule has 0 radical (unpaired) electrons. The highest BCUT2D eigenvalue weighted by molar-refractivity contribution is 5.80. The first-order valence-corrected chi connectivity index (χ1v) is 7.01. The molecular formula is C16H20N4. The third kappa shape index (κ3) is 2.60. The molecule has 0 bridgehead atoms. The van der Waals surface area contributed by atoms with E-state index >= 15 is 0 Å². The van der Waals surface area contributed by atoms with Crippen LogP contribution in [-0.4, -0.2) is 20.9 Å². The Balaban J connectivity index is 1.78. The summed E-state index contributed by atoms with van der Waals surface area (Å²) in [6.45, 7) is 1.68. The number of benzene rings is 1. The van der Waals surface area contributed by atoms with Crippen LogP contribution in [-0.2, 0) is 26.4 Å². The van der Waals surface area contributed by atoms with Gasteiger partial charge in [-0.1, -0.05) is 6.07 Å². The Bertz CT molecular complexity index is 708. The van der Waals surface area contributed by atoms with Gasteiger partial charge in [0.25, 0.3) is 0 Å². The van der Waals surface area contributed by atoms with Crippen LogP contribution in [0.3, 0.4) is 0 Å². The van der Waals surface area contributed by atoms with E-state index in [9.17, 15) is 0 Å². The SMILES string of the molecule is Cn1cc(CCn2ccc3cc(CCN)ccc32)cn1. The number of aromatic nitrogens is 3. The predicted molar refractivity (Wildman–Crippen MR) is 81.6 cm³/mol. The largest absolute Gasteiger partial charge is 0.347 e. The number of fused-ring (bicyclic) bond motifs is 1. The summed E-state index contributed by atoms with van der Waals surface area (Å²) in [5.74, 6) is 0. The number of nitrogens with two attached hydrogens (primary N) is 1. The Morgan fingerprint density at radius 3 is 2.80 bits per heavy atom. The lowest BCUT2D eigenvalue weighted by molar-refractivity contribution is 0.720. The zero-order valence-corrected chi connectivity index (χ0v) is 11.8. The Morgan fingerprint density at radius 1 is 1.15 bits per heavy atom. The van der Waals surface area contributed by atoms with E-state index in [1.807, 2.05) is 17.9 Å². The van der Waals surface area contributed by atoms with Crippen molar-refractivity contribution in [1.82, 2.24) is 14.3 Å². The van der Waals surface area contributed by atoms with Crippen LogP contribution in [0.25, 0.3) is 10.9 Å². The van der Waals surface area contributed by atoms with E-state index in [4.69, 9.17) is 5.73 Å². The van der Waals surface area contributed by atoms with Crippen molar-refractivity contribution in [3.05, 3.63) is 54.0 Å². The highest BCUT2D eigenvalue weighted by atomic mass is 15.2. The number of nitrogens with zero attached hydrogens (tertiary/aromatic N) is 3. The molecule has 0 saturated heterocycles. The number of hydrogen-bond donors (Lipinski definition) is 1. The molecule has 0 atom stereocenters. The van der Waals surface area contributed by atoms with Crippen LogP contribution in [0.1, 0.15) is 11.1 Å². The molecule has 0 spiro atoms. The van der Waals surface area contributed by atoms with Crippen LogP contribution in [0.5, 0.6) is 0 Å². The molecule has 0 unspecified atom stereocenters. The van der Waals surface area contributed by atoms with Gasteiger partial charge in [-0.25, -0.2) is 0 Å². The maximum Gasteiger partial charge on any atom is 0.0522 e. The number of hydrogen-bond acceptors (Lipinski definition) is 2. The Kier molecular flexibility index (Phi) is 3.56. The van der Waals surface area contributed by atoms with Crippen molar-refractivity contribution in [3.63, 3.8) is 0 Å². The Labute approximate surface area is 118 Å². The average molecular weight is 268 g/mol. The monoisotopic (exact) mass is 268 g/mol. The molecule has 2 N–H and O–H groups in total. The smallest absolute Gasteiger partial charge is 0.0522 e. The molecule has 2 aromatic heterocycles. The van der Waals surface area contributed by atoms with Crippen LogP contribution in [0.15, 0.2) is 42.9 Å². The minimum atomic E-state index is 0.702. The highest BCUT2D eigenvalue weighted by Gasteiger charge is 2.03. The first-order chi connectivity index (χ1) is 9.76. The highest BCUT2D eigenvalue weighted by Crippen LogP contribution is 2.18. The Morgan fingerprint density at radius 2 is 2.05 bits per heavy atom. The number of aryl methyl sites for hydroxylation is 3. The first-order valence-electron chi connectivity index (χ1n) is 7.01. The van der Waals surface area contributed by atoms with Crippen molar-refractivity contribution in [2.45, 2.75) is 19.4 Å². The fraction of sp³-hybridized carbons (Fsp3) is 0.312. The van der Waals surface area contributed by atoms with Gasteiger partial charge in [0.05, 0.1) is 6.20 Å². The topological polar surface area (TPSA) is 48.8 Å². The van der Waals surface area contributed by atoms with E-state index in [1.54, 1.807) is 0 Å². The summed E-state index contributed by atoms with van der Waals surface area (Å²) in [5, 5.41) is 5.50. The predicted octanol–water partition coefficient (Wildman–Crippen LogP) is 2.12. The van der Waals surface area contributed by atoms with Gasteiger partial charge in [0.2, 0.25) is 0 Å². The van der Waals surface area contributed by atoms with Crippen LogP contribution < -0.4 is 5.73 Å². The van der Waals surface area contributed by atoms with E-state index < -0.39 is 0 Å². The second kappa shape index (κ2) is 5.51. The van der Waals surface area contributed by atoms with Crippen LogP contribution in [0.2, 0.25) is 0 Å². The maximum atomic E-state index is 5.61. The first kappa shape index (κ1) is 12.9. The summed E-state index contributed by atoms with van der Waals surface area (Å²) in [4.78, 5) is 0. The summed E-state index contributed by atoms with van der Waals surface area (Å²) in [6.07, 6.45) is 8.11. The minimum Gasteiger partial charge on any atom is -0.347 e. The van der Waals surface area contributed by atoms with Crippen LogP contribution in [0.4, 0.5) is 0 Å². The Hall–Kier alpha value is -2.07. The molecule has 3 aromatic rings. The molecule has 0 saturated carbocycles. The third-order valence-corrected chi connectivity index (χ3v) is 3.67. The van der Waals surface area contributed by atoms with Gasteiger partial charge in [-0.3, -0.25) is 4.68 Å². The molecule has 2 heterocycles. The molecule has 3 rings (SSSR count). The van der Waals surface area contributed by atoms with E-state index in [0.29, 0.717) is 6.54 Å². The lowest BCUT2D eigenvalue weighted by Gasteiger charge is -2.05. The van der Waals surface area contributed by atoms with Crippen LogP contribution >= 0.6 is 0 Å². The quantitative estimate of drug-likeness (QED) is 0.770. The van der Waals surface area contributed by atoms with Crippen molar-refractivity contribution in [2.75, 3.05) is 6.54 Å². The van der Waals surface area contributed by atoms with E-state index in [0.717, 1.165) is 19.4 Å². The summed E-state index contributed by atoms with van der Waals surface area (Å²) in [5.41, 5.74) is 9.48. The number of rotatable bonds is 5. The molecule has 4 heteroatoms. The minimum absolute atomic E-state index is 0.702. The molecule has 0 aliphatic rings. The summed E-state index contributed by atoms with van der Waals surface area (Å²) in [6, 6.07) is 8.79.